The summed E-state index contributed by atoms with van der Waals surface area (Å²) in [6, 6.07) is 3.78. The molecule has 4 heteroatoms. The molecule has 0 saturated heterocycles. The molecule has 1 aromatic heterocycles. The molecule has 1 heterocycles. The number of hydrogen-bond acceptors (Lipinski definition) is 3. The standard InChI is InChI=1S/C11H18NO2P/c1-8(2)9-6-7-10(15(4,5)13)12-11(9)14-3/h6-8H,1-5H3. The number of aromatic nitrogens is 1. The SMILES string of the molecule is COc1nc(P(C)(C)=O)ccc1C(C)C. The minimum absolute atomic E-state index is 0.356. The topological polar surface area (TPSA) is 39.2 Å². The van der Waals surface area contributed by atoms with Gasteiger partial charge in [-0.25, -0.2) is 4.98 Å². The van der Waals surface area contributed by atoms with Gasteiger partial charge in [0.25, 0.3) is 0 Å². The average Bonchev–Trinajstić information content (AvgIpc) is 2.15. The first kappa shape index (κ1) is 12.3. The van der Waals surface area contributed by atoms with Crippen LogP contribution in [0.5, 0.6) is 5.88 Å². The van der Waals surface area contributed by atoms with E-state index in [4.69, 9.17) is 4.74 Å². The molecule has 3 nitrogen and oxygen atoms in total. The van der Waals surface area contributed by atoms with E-state index in [2.05, 4.69) is 18.8 Å². The average molecular weight is 227 g/mol. The van der Waals surface area contributed by atoms with Crippen molar-refractivity contribution < 1.29 is 9.30 Å². The molecule has 84 valence electrons. The zero-order valence-corrected chi connectivity index (χ0v) is 10.8. The maximum absolute atomic E-state index is 11.8. The van der Waals surface area contributed by atoms with Crippen LogP contribution in [-0.2, 0) is 4.57 Å². The molecule has 0 saturated carbocycles. The predicted octanol–water partition coefficient (Wildman–Crippen LogP) is 2.46. The van der Waals surface area contributed by atoms with Crippen LogP contribution in [0, 0.1) is 0 Å². The van der Waals surface area contributed by atoms with Crippen molar-refractivity contribution in [3.8, 4) is 5.88 Å². The maximum Gasteiger partial charge on any atom is 0.217 e. The highest BCUT2D eigenvalue weighted by molar-refractivity contribution is 7.69. The monoisotopic (exact) mass is 227 g/mol. The van der Waals surface area contributed by atoms with Gasteiger partial charge in [0.2, 0.25) is 5.88 Å². The summed E-state index contributed by atoms with van der Waals surface area (Å²) in [7, 11) is -0.708. The number of nitrogens with zero attached hydrogens (tertiary/aromatic N) is 1. The first-order valence-corrected chi connectivity index (χ1v) is 7.57. The number of rotatable bonds is 3. The lowest BCUT2D eigenvalue weighted by molar-refractivity contribution is 0.391. The van der Waals surface area contributed by atoms with E-state index in [1.54, 1.807) is 20.4 Å². The van der Waals surface area contributed by atoms with Gasteiger partial charge in [-0.15, -0.1) is 0 Å². The van der Waals surface area contributed by atoms with Crippen LogP contribution < -0.4 is 10.2 Å². The predicted molar refractivity (Wildman–Crippen MR) is 64.0 cm³/mol. The molecule has 0 spiro atoms. The molecule has 0 unspecified atom stereocenters. The molecule has 0 amide bonds. The molecule has 15 heavy (non-hydrogen) atoms. The molecule has 0 radical (unpaired) electrons. The van der Waals surface area contributed by atoms with Crippen LogP contribution in [0.4, 0.5) is 0 Å². The Morgan fingerprint density at radius 3 is 2.33 bits per heavy atom. The summed E-state index contributed by atoms with van der Waals surface area (Å²) in [4.78, 5) is 4.30. The molecular weight excluding hydrogens is 209 g/mol. The smallest absolute Gasteiger partial charge is 0.217 e. The molecule has 0 bridgehead atoms. The minimum Gasteiger partial charge on any atom is -0.481 e. The fourth-order valence-electron chi connectivity index (χ4n) is 1.34. The molecule has 0 aliphatic rings. The number of hydrogen-bond donors (Lipinski definition) is 0. The highest BCUT2D eigenvalue weighted by Crippen LogP contribution is 2.35. The van der Waals surface area contributed by atoms with E-state index in [0.717, 1.165) is 5.56 Å². The Bertz CT molecular complexity index is 396. The first-order valence-electron chi connectivity index (χ1n) is 4.96. The van der Waals surface area contributed by atoms with Crippen LogP contribution in [0.2, 0.25) is 0 Å². The van der Waals surface area contributed by atoms with Crippen molar-refractivity contribution in [1.29, 1.82) is 0 Å². The van der Waals surface area contributed by atoms with Gasteiger partial charge in [-0.3, -0.25) is 0 Å². The maximum atomic E-state index is 11.8. The third-order valence-electron chi connectivity index (χ3n) is 2.24. The first-order chi connectivity index (χ1) is 6.86. The van der Waals surface area contributed by atoms with Gasteiger partial charge in [0.1, 0.15) is 12.6 Å². The van der Waals surface area contributed by atoms with Crippen molar-refractivity contribution >= 4 is 12.6 Å². The van der Waals surface area contributed by atoms with Crippen molar-refractivity contribution in [1.82, 2.24) is 4.98 Å². The van der Waals surface area contributed by atoms with Gasteiger partial charge in [0.15, 0.2) is 0 Å². The van der Waals surface area contributed by atoms with Crippen molar-refractivity contribution in [2.24, 2.45) is 0 Å². The molecule has 1 rings (SSSR count). The van der Waals surface area contributed by atoms with Crippen LogP contribution in [0.3, 0.4) is 0 Å². The molecular formula is C11H18NO2P. The summed E-state index contributed by atoms with van der Waals surface area (Å²) < 4.78 is 17.1. The van der Waals surface area contributed by atoms with E-state index < -0.39 is 7.14 Å². The van der Waals surface area contributed by atoms with Gasteiger partial charge in [-0.05, 0) is 25.3 Å². The molecule has 0 fully saturated rings. The summed E-state index contributed by atoms with van der Waals surface area (Å²) in [5.41, 5.74) is 1.68. The van der Waals surface area contributed by atoms with Gasteiger partial charge in [0, 0.05) is 5.56 Å². The zero-order valence-electron chi connectivity index (χ0n) is 9.94. The highest BCUT2D eigenvalue weighted by Gasteiger charge is 2.16. The fraction of sp³-hybridized carbons (Fsp3) is 0.545. The number of methoxy groups -OCH3 is 1. The van der Waals surface area contributed by atoms with Crippen molar-refractivity contribution in [2.45, 2.75) is 19.8 Å². The Morgan fingerprint density at radius 1 is 1.33 bits per heavy atom. The lowest BCUT2D eigenvalue weighted by Crippen LogP contribution is -2.11. The van der Waals surface area contributed by atoms with E-state index in [9.17, 15) is 4.57 Å². The molecule has 0 atom stereocenters. The Balaban J connectivity index is 3.25. The fourth-order valence-corrected chi connectivity index (χ4v) is 2.11. The molecule has 0 aliphatic carbocycles. The quantitative estimate of drug-likeness (QED) is 0.744. The Hall–Kier alpha value is -0.820. The molecule has 1 aromatic rings. The van der Waals surface area contributed by atoms with Crippen molar-refractivity contribution in [3.05, 3.63) is 17.7 Å². The summed E-state index contributed by atoms with van der Waals surface area (Å²) >= 11 is 0. The lowest BCUT2D eigenvalue weighted by atomic mass is 10.1. The normalized spacial score (nSPS) is 11.9. The second kappa shape index (κ2) is 4.36. The second-order valence-electron chi connectivity index (χ2n) is 4.27. The van der Waals surface area contributed by atoms with E-state index in [1.165, 1.54) is 0 Å². The van der Waals surface area contributed by atoms with E-state index in [1.807, 2.05) is 12.1 Å². The van der Waals surface area contributed by atoms with Crippen LogP contribution in [-0.4, -0.2) is 25.4 Å². The van der Waals surface area contributed by atoms with Gasteiger partial charge in [0.05, 0.1) is 7.11 Å². The number of pyridine rings is 1. The highest BCUT2D eigenvalue weighted by atomic mass is 31.2. The Kier molecular flexibility index (Phi) is 3.56. The van der Waals surface area contributed by atoms with E-state index in [0.29, 0.717) is 17.2 Å². The van der Waals surface area contributed by atoms with Crippen LogP contribution >= 0.6 is 7.14 Å². The van der Waals surface area contributed by atoms with Gasteiger partial charge in [-0.1, -0.05) is 19.9 Å². The summed E-state index contributed by atoms with van der Waals surface area (Å²) in [5, 5.41) is 0. The molecule has 0 aliphatic heterocycles. The van der Waals surface area contributed by atoms with Gasteiger partial charge >= 0.3 is 0 Å². The van der Waals surface area contributed by atoms with Gasteiger partial charge in [-0.2, -0.15) is 0 Å². The summed E-state index contributed by atoms with van der Waals surface area (Å²) in [6.07, 6.45) is 0. The number of ether oxygens (including phenoxy) is 1. The minimum atomic E-state index is -2.30. The van der Waals surface area contributed by atoms with Crippen molar-refractivity contribution in [3.63, 3.8) is 0 Å². The second-order valence-corrected chi connectivity index (χ2v) is 7.43. The third kappa shape index (κ3) is 2.82. The Labute approximate surface area is 91.2 Å². The van der Waals surface area contributed by atoms with Gasteiger partial charge < -0.3 is 9.30 Å². The van der Waals surface area contributed by atoms with Crippen molar-refractivity contribution in [2.75, 3.05) is 20.4 Å². The van der Waals surface area contributed by atoms with Crippen LogP contribution in [0.25, 0.3) is 0 Å². The largest absolute Gasteiger partial charge is 0.481 e. The van der Waals surface area contributed by atoms with Crippen LogP contribution in [0.15, 0.2) is 12.1 Å². The van der Waals surface area contributed by atoms with E-state index in [-0.39, 0.29) is 0 Å². The molecule has 0 aromatic carbocycles. The Morgan fingerprint density at radius 2 is 1.93 bits per heavy atom. The zero-order chi connectivity index (χ0) is 11.6. The summed E-state index contributed by atoms with van der Waals surface area (Å²) in [6.45, 7) is 7.58. The lowest BCUT2D eigenvalue weighted by Gasteiger charge is -2.13. The third-order valence-corrected chi connectivity index (χ3v) is 3.59. The van der Waals surface area contributed by atoms with Crippen LogP contribution in [0.1, 0.15) is 25.3 Å². The van der Waals surface area contributed by atoms with E-state index >= 15 is 0 Å². The summed E-state index contributed by atoms with van der Waals surface area (Å²) in [5.74, 6) is 0.945. The molecule has 0 N–H and O–H groups in total.